The van der Waals surface area contributed by atoms with Crippen LogP contribution >= 0.6 is 0 Å². The Kier molecular flexibility index (Phi) is 1.51. The molecule has 2 aliphatic carbocycles. The second kappa shape index (κ2) is 2.71. The van der Waals surface area contributed by atoms with Crippen LogP contribution in [0.15, 0.2) is 54.6 Å². The van der Waals surface area contributed by atoms with E-state index in [-0.39, 0.29) is 0 Å². The third-order valence-electron chi connectivity index (χ3n) is 3.16. The molecule has 0 nitrogen and oxygen atoms in total. The molecule has 0 amide bonds. The van der Waals surface area contributed by atoms with Crippen molar-refractivity contribution in [3.8, 4) is 0 Å². The lowest BCUT2D eigenvalue weighted by Gasteiger charge is -2.04. The van der Waals surface area contributed by atoms with E-state index in [1.54, 1.807) is 0 Å². The first kappa shape index (κ1) is 7.81. The Morgan fingerprint density at radius 2 is 2.14 bits per heavy atom. The second-order valence-corrected chi connectivity index (χ2v) is 3.89. The van der Waals surface area contributed by atoms with Gasteiger partial charge in [-0.05, 0) is 28.7 Å². The standard InChI is InChI=1S/C14H12/c1-2-10-7-8-13-12-6-4-3-5-11(12)9-14(10)13/h2-8,10H,1,9H2. The van der Waals surface area contributed by atoms with Crippen molar-refractivity contribution < 1.29 is 0 Å². The Balaban J connectivity index is 2.15. The molecule has 1 atom stereocenters. The quantitative estimate of drug-likeness (QED) is 0.581. The van der Waals surface area contributed by atoms with Gasteiger partial charge >= 0.3 is 0 Å². The molecule has 0 aliphatic heterocycles. The molecule has 0 heteroatoms. The molecule has 0 spiro atoms. The predicted octanol–water partition coefficient (Wildman–Crippen LogP) is 3.37. The lowest BCUT2D eigenvalue weighted by molar-refractivity contribution is 0.945. The van der Waals surface area contributed by atoms with E-state index in [4.69, 9.17) is 0 Å². The summed E-state index contributed by atoms with van der Waals surface area (Å²) in [6.45, 7) is 3.88. The van der Waals surface area contributed by atoms with Crippen molar-refractivity contribution in [1.29, 1.82) is 0 Å². The minimum absolute atomic E-state index is 0.470. The minimum atomic E-state index is 0.470. The third kappa shape index (κ3) is 0.884. The van der Waals surface area contributed by atoms with E-state index in [0.717, 1.165) is 6.42 Å². The average Bonchev–Trinajstić information content (AvgIpc) is 2.75. The van der Waals surface area contributed by atoms with Gasteiger partial charge in [-0.3, -0.25) is 0 Å². The zero-order valence-electron chi connectivity index (χ0n) is 8.03. The van der Waals surface area contributed by atoms with Gasteiger partial charge in [0.15, 0.2) is 0 Å². The summed E-state index contributed by atoms with van der Waals surface area (Å²) in [5, 5.41) is 0. The summed E-state index contributed by atoms with van der Waals surface area (Å²) < 4.78 is 0. The van der Waals surface area contributed by atoms with Crippen molar-refractivity contribution in [2.75, 3.05) is 0 Å². The molecule has 2 aliphatic rings. The number of allylic oxidation sites excluding steroid dienone is 5. The first-order valence-electron chi connectivity index (χ1n) is 5.02. The third-order valence-corrected chi connectivity index (χ3v) is 3.16. The summed E-state index contributed by atoms with van der Waals surface area (Å²) >= 11 is 0. The molecule has 1 aromatic rings. The van der Waals surface area contributed by atoms with E-state index in [0.29, 0.717) is 5.92 Å². The summed E-state index contributed by atoms with van der Waals surface area (Å²) in [4.78, 5) is 0. The molecule has 0 radical (unpaired) electrons. The van der Waals surface area contributed by atoms with Crippen LogP contribution < -0.4 is 0 Å². The van der Waals surface area contributed by atoms with Gasteiger partial charge in [-0.2, -0.15) is 0 Å². The number of benzene rings is 1. The van der Waals surface area contributed by atoms with E-state index < -0.39 is 0 Å². The molecule has 1 aromatic carbocycles. The second-order valence-electron chi connectivity index (χ2n) is 3.89. The van der Waals surface area contributed by atoms with Crippen LogP contribution in [0.5, 0.6) is 0 Å². The van der Waals surface area contributed by atoms with Crippen LogP contribution in [0.4, 0.5) is 0 Å². The first-order chi connectivity index (χ1) is 6.90. The molecular weight excluding hydrogens is 168 g/mol. The maximum atomic E-state index is 3.88. The number of rotatable bonds is 1. The SMILES string of the molecule is C=CC1C=CC2=C1Cc1ccccc12. The minimum Gasteiger partial charge on any atom is -0.102 e. The number of hydrogen-bond donors (Lipinski definition) is 0. The molecule has 14 heavy (non-hydrogen) atoms. The van der Waals surface area contributed by atoms with Crippen LogP contribution in [0.1, 0.15) is 11.1 Å². The lowest BCUT2D eigenvalue weighted by atomic mass is 9.99. The molecule has 68 valence electrons. The van der Waals surface area contributed by atoms with Crippen molar-refractivity contribution in [1.82, 2.24) is 0 Å². The van der Waals surface area contributed by atoms with Crippen molar-refractivity contribution in [2.24, 2.45) is 5.92 Å². The van der Waals surface area contributed by atoms with E-state index in [1.807, 2.05) is 6.08 Å². The van der Waals surface area contributed by atoms with Gasteiger partial charge in [-0.25, -0.2) is 0 Å². The molecule has 3 rings (SSSR count). The highest BCUT2D eigenvalue weighted by Crippen LogP contribution is 2.41. The van der Waals surface area contributed by atoms with Crippen LogP contribution in [-0.4, -0.2) is 0 Å². The van der Waals surface area contributed by atoms with Gasteiger partial charge in [0.05, 0.1) is 0 Å². The first-order valence-corrected chi connectivity index (χ1v) is 5.02. The highest BCUT2D eigenvalue weighted by Gasteiger charge is 2.26. The molecule has 0 saturated heterocycles. The van der Waals surface area contributed by atoms with Crippen LogP contribution in [0.25, 0.3) is 5.57 Å². The van der Waals surface area contributed by atoms with Gasteiger partial charge in [0.2, 0.25) is 0 Å². The monoisotopic (exact) mass is 180 g/mol. The molecule has 1 unspecified atom stereocenters. The zero-order chi connectivity index (χ0) is 9.54. The van der Waals surface area contributed by atoms with Gasteiger partial charge in [0.1, 0.15) is 0 Å². The van der Waals surface area contributed by atoms with Gasteiger partial charge < -0.3 is 0 Å². The summed E-state index contributed by atoms with van der Waals surface area (Å²) in [5.74, 6) is 0.470. The summed E-state index contributed by atoms with van der Waals surface area (Å²) in [6.07, 6.45) is 7.63. The van der Waals surface area contributed by atoms with Gasteiger partial charge in [-0.15, -0.1) is 6.58 Å². The molecule has 0 heterocycles. The highest BCUT2D eigenvalue weighted by atomic mass is 14.3. The molecule has 0 fully saturated rings. The van der Waals surface area contributed by atoms with E-state index in [2.05, 4.69) is 43.0 Å². The Hall–Kier alpha value is -1.56. The summed E-state index contributed by atoms with van der Waals surface area (Å²) in [7, 11) is 0. The van der Waals surface area contributed by atoms with Crippen molar-refractivity contribution in [3.63, 3.8) is 0 Å². The van der Waals surface area contributed by atoms with Crippen molar-refractivity contribution in [2.45, 2.75) is 6.42 Å². The zero-order valence-corrected chi connectivity index (χ0v) is 8.03. The van der Waals surface area contributed by atoms with Crippen molar-refractivity contribution in [3.05, 3.63) is 65.8 Å². The van der Waals surface area contributed by atoms with Crippen LogP contribution in [0.3, 0.4) is 0 Å². The predicted molar refractivity (Wildman–Crippen MR) is 59.9 cm³/mol. The Bertz CT molecular complexity index is 461. The molecule has 0 bridgehead atoms. The largest absolute Gasteiger partial charge is 0.102 e. The normalized spacial score (nSPS) is 22.4. The van der Waals surface area contributed by atoms with Crippen LogP contribution in [-0.2, 0) is 6.42 Å². The number of fused-ring (bicyclic) bond motifs is 2. The maximum absolute atomic E-state index is 3.88. The highest BCUT2D eigenvalue weighted by molar-refractivity contribution is 5.86. The Labute approximate surface area is 84.3 Å². The average molecular weight is 180 g/mol. The Morgan fingerprint density at radius 1 is 1.29 bits per heavy atom. The van der Waals surface area contributed by atoms with Gasteiger partial charge in [0.25, 0.3) is 0 Å². The fourth-order valence-electron chi connectivity index (χ4n) is 2.44. The molecule has 0 N–H and O–H groups in total. The number of hydrogen-bond acceptors (Lipinski definition) is 0. The van der Waals surface area contributed by atoms with Crippen LogP contribution in [0.2, 0.25) is 0 Å². The van der Waals surface area contributed by atoms with E-state index in [9.17, 15) is 0 Å². The summed E-state index contributed by atoms with van der Waals surface area (Å²) in [6, 6.07) is 8.67. The smallest absolute Gasteiger partial charge is 0.0170 e. The van der Waals surface area contributed by atoms with E-state index in [1.165, 1.54) is 22.3 Å². The Morgan fingerprint density at radius 3 is 3.00 bits per heavy atom. The molecule has 0 saturated carbocycles. The fraction of sp³-hybridized carbons (Fsp3) is 0.143. The summed E-state index contributed by atoms with van der Waals surface area (Å²) in [5.41, 5.74) is 5.85. The van der Waals surface area contributed by atoms with Gasteiger partial charge in [-0.1, -0.05) is 42.5 Å². The molecule has 0 aromatic heterocycles. The molecular formula is C14H12. The van der Waals surface area contributed by atoms with Crippen molar-refractivity contribution >= 4 is 5.57 Å². The van der Waals surface area contributed by atoms with Gasteiger partial charge in [0, 0.05) is 5.92 Å². The van der Waals surface area contributed by atoms with Crippen LogP contribution in [0, 0.1) is 5.92 Å². The topological polar surface area (TPSA) is 0 Å². The van der Waals surface area contributed by atoms with E-state index >= 15 is 0 Å². The fourth-order valence-corrected chi connectivity index (χ4v) is 2.44. The lowest BCUT2D eigenvalue weighted by Crippen LogP contribution is -1.94. The maximum Gasteiger partial charge on any atom is 0.0170 e.